The van der Waals surface area contributed by atoms with Crippen LogP contribution in [0.1, 0.15) is 30.1 Å². The molecule has 8 nitrogen and oxygen atoms in total. The highest BCUT2D eigenvalue weighted by atomic mass is 35.5. The number of sulfonamides is 1. The summed E-state index contributed by atoms with van der Waals surface area (Å²) in [6.45, 7) is 4.44. The van der Waals surface area contributed by atoms with Crippen molar-refractivity contribution < 1.29 is 27.4 Å². The molecule has 0 aliphatic carbocycles. The summed E-state index contributed by atoms with van der Waals surface area (Å²) in [5, 5.41) is 0.0327. The summed E-state index contributed by atoms with van der Waals surface area (Å²) in [6, 6.07) is 10.8. The molecule has 0 saturated carbocycles. The molecule has 2 fully saturated rings. The second kappa shape index (κ2) is 9.27. The molecule has 2 aliphatic rings. The van der Waals surface area contributed by atoms with Crippen molar-refractivity contribution in [3.63, 3.8) is 0 Å². The lowest BCUT2D eigenvalue weighted by molar-refractivity contribution is -0.181. The van der Waals surface area contributed by atoms with E-state index in [4.69, 9.17) is 25.8 Å². The van der Waals surface area contributed by atoms with E-state index in [1.807, 2.05) is 6.92 Å². The zero-order valence-electron chi connectivity index (χ0n) is 17.7. The lowest BCUT2D eigenvalue weighted by Gasteiger charge is -2.37. The first kappa shape index (κ1) is 22.8. The van der Waals surface area contributed by atoms with Gasteiger partial charge in [0, 0.05) is 37.2 Å². The second-order valence-corrected chi connectivity index (χ2v) is 9.67. The molecule has 172 valence electrons. The Morgan fingerprint density at radius 2 is 1.78 bits per heavy atom. The molecule has 4 rings (SSSR count). The first-order chi connectivity index (χ1) is 15.3. The summed E-state index contributed by atoms with van der Waals surface area (Å²) in [6.07, 6.45) is 1.16. The summed E-state index contributed by atoms with van der Waals surface area (Å²) >= 11 is 6.19. The van der Waals surface area contributed by atoms with Crippen molar-refractivity contribution >= 4 is 33.2 Å². The highest BCUT2D eigenvalue weighted by Gasteiger charge is 2.41. The van der Waals surface area contributed by atoms with Crippen LogP contribution >= 0.6 is 11.6 Å². The molecule has 0 bridgehead atoms. The highest BCUT2D eigenvalue weighted by Crippen LogP contribution is 2.32. The van der Waals surface area contributed by atoms with E-state index in [-0.39, 0.29) is 21.4 Å². The van der Waals surface area contributed by atoms with Crippen molar-refractivity contribution in [1.29, 1.82) is 0 Å². The molecule has 32 heavy (non-hydrogen) atoms. The summed E-state index contributed by atoms with van der Waals surface area (Å²) in [7, 11) is -4.01. The smallest absolute Gasteiger partial charge is 0.263 e. The van der Waals surface area contributed by atoms with Crippen molar-refractivity contribution in [2.75, 3.05) is 37.6 Å². The molecule has 0 atom stereocenters. The van der Waals surface area contributed by atoms with Crippen LogP contribution in [0.5, 0.6) is 5.75 Å². The highest BCUT2D eigenvalue weighted by molar-refractivity contribution is 7.92. The number of rotatable bonds is 6. The summed E-state index contributed by atoms with van der Waals surface area (Å²) in [4.78, 5) is 14.5. The number of amides is 1. The van der Waals surface area contributed by atoms with Crippen LogP contribution in [0, 0.1) is 0 Å². The summed E-state index contributed by atoms with van der Waals surface area (Å²) in [5.41, 5.74) is 0.616. The molecular weight excluding hydrogens is 456 g/mol. The van der Waals surface area contributed by atoms with Gasteiger partial charge in [0.15, 0.2) is 5.79 Å². The first-order valence-corrected chi connectivity index (χ1v) is 12.3. The van der Waals surface area contributed by atoms with Gasteiger partial charge in [0.2, 0.25) is 0 Å². The van der Waals surface area contributed by atoms with Crippen LogP contribution in [0.15, 0.2) is 47.4 Å². The van der Waals surface area contributed by atoms with Crippen LogP contribution in [0.4, 0.5) is 5.69 Å². The maximum absolute atomic E-state index is 13.0. The third-order valence-electron chi connectivity index (χ3n) is 5.51. The number of hydrogen-bond donors (Lipinski definition) is 1. The molecule has 2 aromatic carbocycles. The van der Waals surface area contributed by atoms with Crippen molar-refractivity contribution in [2.24, 2.45) is 0 Å². The summed E-state index contributed by atoms with van der Waals surface area (Å²) in [5.74, 6) is -0.211. The average Bonchev–Trinajstić information content (AvgIpc) is 3.23. The van der Waals surface area contributed by atoms with Gasteiger partial charge in [-0.05, 0) is 49.4 Å². The van der Waals surface area contributed by atoms with Gasteiger partial charge in [-0.1, -0.05) is 11.6 Å². The van der Waals surface area contributed by atoms with Gasteiger partial charge in [0.05, 0.1) is 24.8 Å². The Hall–Kier alpha value is -2.33. The Kier molecular flexibility index (Phi) is 6.62. The van der Waals surface area contributed by atoms with E-state index >= 15 is 0 Å². The van der Waals surface area contributed by atoms with Crippen LogP contribution in [-0.4, -0.2) is 57.9 Å². The minimum absolute atomic E-state index is 0.0327. The molecule has 2 heterocycles. The minimum Gasteiger partial charge on any atom is -0.494 e. The van der Waals surface area contributed by atoms with E-state index in [0.717, 1.165) is 0 Å². The number of piperidine rings is 1. The average molecular weight is 481 g/mol. The molecule has 1 N–H and O–H groups in total. The quantitative estimate of drug-likeness (QED) is 0.679. The van der Waals surface area contributed by atoms with Gasteiger partial charge in [-0.2, -0.15) is 0 Å². The Morgan fingerprint density at radius 3 is 2.41 bits per heavy atom. The molecule has 10 heteroatoms. The van der Waals surface area contributed by atoms with Gasteiger partial charge in [-0.15, -0.1) is 0 Å². The van der Waals surface area contributed by atoms with Gasteiger partial charge in [-0.25, -0.2) is 8.42 Å². The van der Waals surface area contributed by atoms with Crippen LogP contribution in [0.2, 0.25) is 5.02 Å². The standard InChI is InChI=1S/C22H25ClN2O6S/c1-2-29-18-6-4-17(5-7-18)24-32(27,28)20-15-16(3-8-19(20)23)21(26)25-11-9-22(10-12-25)30-13-14-31-22/h3-8,15,24H,2,9-14H2,1H3. The number of likely N-dealkylation sites (tertiary alicyclic amines) is 1. The zero-order chi connectivity index (χ0) is 22.8. The first-order valence-electron chi connectivity index (χ1n) is 10.4. The van der Waals surface area contributed by atoms with Crippen LogP contribution in [0.3, 0.4) is 0 Å². The van der Waals surface area contributed by atoms with Gasteiger partial charge in [-0.3, -0.25) is 9.52 Å². The van der Waals surface area contributed by atoms with Gasteiger partial charge >= 0.3 is 0 Å². The number of hydrogen-bond acceptors (Lipinski definition) is 6. The van der Waals surface area contributed by atoms with E-state index in [1.165, 1.54) is 18.2 Å². The molecule has 0 unspecified atom stereocenters. The molecule has 0 radical (unpaired) electrons. The van der Waals surface area contributed by atoms with E-state index < -0.39 is 15.8 Å². The third-order valence-corrected chi connectivity index (χ3v) is 7.37. The van der Waals surface area contributed by atoms with Crippen molar-refractivity contribution in [3.05, 3.63) is 53.1 Å². The molecule has 2 aliphatic heterocycles. The number of carbonyl (C=O) groups excluding carboxylic acids is 1. The minimum atomic E-state index is -4.01. The fourth-order valence-corrected chi connectivity index (χ4v) is 5.44. The fraction of sp³-hybridized carbons (Fsp3) is 0.409. The number of benzene rings is 2. The van der Waals surface area contributed by atoms with Crippen molar-refractivity contribution in [1.82, 2.24) is 4.90 Å². The number of nitrogens with one attached hydrogen (secondary N) is 1. The molecule has 2 saturated heterocycles. The van der Waals surface area contributed by atoms with Crippen molar-refractivity contribution in [2.45, 2.75) is 30.4 Å². The lowest BCUT2D eigenvalue weighted by atomic mass is 10.0. The predicted octanol–water partition coefficient (Wildman–Crippen LogP) is 3.52. The fourth-order valence-electron chi connectivity index (χ4n) is 3.86. The molecule has 0 aromatic heterocycles. The lowest BCUT2D eigenvalue weighted by Crippen LogP contribution is -2.47. The summed E-state index contributed by atoms with van der Waals surface area (Å²) < 4.78 is 45.2. The predicted molar refractivity (Wildman–Crippen MR) is 120 cm³/mol. The van der Waals surface area contributed by atoms with Gasteiger partial charge in [0.25, 0.3) is 15.9 Å². The number of halogens is 1. The molecular formula is C22H25ClN2O6S. The van der Waals surface area contributed by atoms with E-state index in [9.17, 15) is 13.2 Å². The maximum Gasteiger partial charge on any atom is 0.263 e. The van der Waals surface area contributed by atoms with E-state index in [1.54, 1.807) is 29.2 Å². The Balaban J connectivity index is 1.49. The third kappa shape index (κ3) is 4.85. The van der Waals surface area contributed by atoms with Gasteiger partial charge < -0.3 is 19.1 Å². The number of anilines is 1. The Morgan fingerprint density at radius 1 is 1.12 bits per heavy atom. The number of carbonyl (C=O) groups is 1. The number of nitrogens with zero attached hydrogens (tertiary/aromatic N) is 1. The monoisotopic (exact) mass is 480 g/mol. The van der Waals surface area contributed by atoms with E-state index in [0.29, 0.717) is 57.2 Å². The second-order valence-electron chi connectivity index (χ2n) is 7.61. The maximum atomic E-state index is 13.0. The SMILES string of the molecule is CCOc1ccc(NS(=O)(=O)c2cc(C(=O)N3CCC4(CC3)OCCO4)ccc2Cl)cc1. The largest absolute Gasteiger partial charge is 0.494 e. The zero-order valence-corrected chi connectivity index (χ0v) is 19.2. The van der Waals surface area contributed by atoms with Crippen molar-refractivity contribution in [3.8, 4) is 5.75 Å². The van der Waals surface area contributed by atoms with Crippen LogP contribution < -0.4 is 9.46 Å². The normalized spacial score (nSPS) is 18.0. The Labute approximate surface area is 192 Å². The topological polar surface area (TPSA) is 94.2 Å². The van der Waals surface area contributed by atoms with Crippen LogP contribution in [0.25, 0.3) is 0 Å². The molecule has 2 aromatic rings. The molecule has 1 spiro atoms. The van der Waals surface area contributed by atoms with E-state index in [2.05, 4.69) is 4.72 Å². The van der Waals surface area contributed by atoms with Crippen LogP contribution in [-0.2, 0) is 19.5 Å². The Bertz CT molecular complexity index is 1070. The molecule has 1 amide bonds. The number of ether oxygens (including phenoxy) is 3. The van der Waals surface area contributed by atoms with Gasteiger partial charge in [0.1, 0.15) is 10.6 Å².